The summed E-state index contributed by atoms with van der Waals surface area (Å²) in [6, 6.07) is 2.90. The van der Waals surface area contributed by atoms with Crippen molar-refractivity contribution in [3.8, 4) is 0 Å². The zero-order chi connectivity index (χ0) is 13.8. The molecular weight excluding hydrogens is 260 g/mol. The van der Waals surface area contributed by atoms with Crippen LogP contribution in [0.25, 0.3) is 0 Å². The van der Waals surface area contributed by atoms with Gasteiger partial charge in [-0.3, -0.25) is 0 Å². The monoisotopic (exact) mass is 276 g/mol. The number of carbonyl (C=O) groups is 1. The van der Waals surface area contributed by atoms with Crippen molar-refractivity contribution < 1.29 is 22.7 Å². The first kappa shape index (κ1) is 14.7. The third-order valence-corrected chi connectivity index (χ3v) is 4.10. The molecule has 1 rings (SSSR count). The minimum absolute atomic E-state index is 0.0213. The van der Waals surface area contributed by atoms with E-state index >= 15 is 0 Å². The van der Waals surface area contributed by atoms with Crippen molar-refractivity contribution in [1.29, 1.82) is 0 Å². The Bertz CT molecular complexity index is 506. The first-order valence-electron chi connectivity index (χ1n) is 5.26. The maximum absolute atomic E-state index is 11.4. The van der Waals surface area contributed by atoms with Gasteiger partial charge < -0.3 is 14.8 Å². The summed E-state index contributed by atoms with van der Waals surface area (Å²) in [5, 5.41) is 11.5. The molecule has 0 bridgehead atoms. The van der Waals surface area contributed by atoms with Crippen LogP contribution in [0.15, 0.2) is 16.5 Å². The summed E-state index contributed by atoms with van der Waals surface area (Å²) in [7, 11) is -0.268. The number of carboxylic acid groups (broad SMARTS) is 1. The van der Waals surface area contributed by atoms with Crippen LogP contribution in [0.3, 0.4) is 0 Å². The smallest absolute Gasteiger partial charge is 0.371 e. The molecular formula is C10H16N2O5S. The molecule has 0 radical (unpaired) electrons. The van der Waals surface area contributed by atoms with Crippen LogP contribution in [0, 0.1) is 0 Å². The molecule has 0 aromatic carbocycles. The molecule has 1 aromatic heterocycles. The number of nitrogens with one attached hydrogen (secondary N) is 1. The van der Waals surface area contributed by atoms with Crippen molar-refractivity contribution in [1.82, 2.24) is 9.62 Å². The van der Waals surface area contributed by atoms with Gasteiger partial charge in [-0.05, 0) is 12.1 Å². The van der Waals surface area contributed by atoms with E-state index in [-0.39, 0.29) is 24.6 Å². The number of sulfonamides is 1. The Hall–Kier alpha value is -1.38. The Kier molecular flexibility index (Phi) is 4.88. The van der Waals surface area contributed by atoms with Crippen LogP contribution in [-0.4, -0.2) is 50.2 Å². The van der Waals surface area contributed by atoms with Crippen LogP contribution < -0.4 is 5.32 Å². The van der Waals surface area contributed by atoms with E-state index in [1.54, 1.807) is 0 Å². The quantitative estimate of drug-likeness (QED) is 0.678. The van der Waals surface area contributed by atoms with Crippen molar-refractivity contribution in [2.24, 2.45) is 0 Å². The van der Waals surface area contributed by atoms with Crippen molar-refractivity contribution in [2.75, 3.05) is 26.4 Å². The second kappa shape index (κ2) is 5.98. The van der Waals surface area contributed by atoms with Crippen LogP contribution in [0.5, 0.6) is 0 Å². The average Bonchev–Trinajstić information content (AvgIpc) is 2.73. The Morgan fingerprint density at radius 2 is 2.11 bits per heavy atom. The summed E-state index contributed by atoms with van der Waals surface area (Å²) in [5.74, 6) is -0.828. The van der Waals surface area contributed by atoms with E-state index < -0.39 is 16.0 Å². The fraction of sp³-hybridized carbons (Fsp3) is 0.500. The van der Waals surface area contributed by atoms with E-state index in [9.17, 15) is 13.2 Å². The highest BCUT2D eigenvalue weighted by Crippen LogP contribution is 2.07. The molecule has 2 N–H and O–H groups in total. The number of carboxylic acids is 1. The number of aromatic carboxylic acids is 1. The molecule has 0 saturated carbocycles. The van der Waals surface area contributed by atoms with E-state index in [1.807, 2.05) is 0 Å². The number of hydrogen-bond donors (Lipinski definition) is 2. The molecule has 0 aliphatic heterocycles. The third-order valence-electron chi connectivity index (χ3n) is 2.26. The molecule has 102 valence electrons. The SMILES string of the molecule is CN(C)S(=O)(=O)CCNCc1ccc(C(=O)O)o1. The van der Waals surface area contributed by atoms with E-state index in [0.717, 1.165) is 4.31 Å². The van der Waals surface area contributed by atoms with E-state index in [2.05, 4.69) is 5.32 Å². The number of hydrogen-bond acceptors (Lipinski definition) is 5. The van der Waals surface area contributed by atoms with E-state index in [4.69, 9.17) is 9.52 Å². The van der Waals surface area contributed by atoms with E-state index in [0.29, 0.717) is 5.76 Å². The molecule has 0 atom stereocenters. The van der Waals surface area contributed by atoms with Crippen LogP contribution in [-0.2, 0) is 16.6 Å². The average molecular weight is 276 g/mol. The summed E-state index contributed by atoms with van der Waals surface area (Å²) in [6.07, 6.45) is 0. The minimum Gasteiger partial charge on any atom is -0.475 e. The highest BCUT2D eigenvalue weighted by Gasteiger charge is 2.13. The van der Waals surface area contributed by atoms with Gasteiger partial charge in [0.25, 0.3) is 0 Å². The van der Waals surface area contributed by atoms with Gasteiger partial charge in [0, 0.05) is 20.6 Å². The Morgan fingerprint density at radius 3 is 2.61 bits per heavy atom. The van der Waals surface area contributed by atoms with Gasteiger partial charge in [0.05, 0.1) is 12.3 Å². The second-order valence-electron chi connectivity index (χ2n) is 3.85. The molecule has 18 heavy (non-hydrogen) atoms. The van der Waals surface area contributed by atoms with Crippen molar-refractivity contribution >= 4 is 16.0 Å². The van der Waals surface area contributed by atoms with E-state index in [1.165, 1.54) is 26.2 Å². The normalized spacial score (nSPS) is 11.9. The summed E-state index contributed by atoms with van der Waals surface area (Å²) < 4.78 is 29.0. The zero-order valence-corrected chi connectivity index (χ0v) is 11.0. The van der Waals surface area contributed by atoms with Gasteiger partial charge in [-0.1, -0.05) is 0 Å². The summed E-state index contributed by atoms with van der Waals surface area (Å²) in [6.45, 7) is 0.555. The van der Waals surface area contributed by atoms with Gasteiger partial charge in [-0.15, -0.1) is 0 Å². The molecule has 0 saturated heterocycles. The molecule has 0 fully saturated rings. The van der Waals surface area contributed by atoms with Gasteiger partial charge in [-0.25, -0.2) is 17.5 Å². The molecule has 0 unspecified atom stereocenters. The predicted octanol–water partition coefficient (Wildman–Crippen LogP) is -0.0412. The topological polar surface area (TPSA) is 99.9 Å². The van der Waals surface area contributed by atoms with Crippen molar-refractivity contribution in [2.45, 2.75) is 6.54 Å². The van der Waals surface area contributed by atoms with Crippen LogP contribution >= 0.6 is 0 Å². The number of furan rings is 1. The predicted molar refractivity (Wildman–Crippen MR) is 64.8 cm³/mol. The van der Waals surface area contributed by atoms with Crippen LogP contribution in [0.2, 0.25) is 0 Å². The van der Waals surface area contributed by atoms with Gasteiger partial charge in [0.1, 0.15) is 5.76 Å². The molecule has 0 aliphatic rings. The van der Waals surface area contributed by atoms with Crippen molar-refractivity contribution in [3.63, 3.8) is 0 Å². The third kappa shape index (κ3) is 4.13. The molecule has 0 amide bonds. The second-order valence-corrected chi connectivity index (χ2v) is 6.15. The first-order valence-corrected chi connectivity index (χ1v) is 6.87. The fourth-order valence-electron chi connectivity index (χ4n) is 1.18. The lowest BCUT2D eigenvalue weighted by atomic mass is 10.4. The van der Waals surface area contributed by atoms with Crippen LogP contribution in [0.1, 0.15) is 16.3 Å². The highest BCUT2D eigenvalue weighted by molar-refractivity contribution is 7.89. The fourth-order valence-corrected chi connectivity index (χ4v) is 1.95. The highest BCUT2D eigenvalue weighted by atomic mass is 32.2. The number of nitrogens with zero attached hydrogens (tertiary/aromatic N) is 1. The van der Waals surface area contributed by atoms with Gasteiger partial charge >= 0.3 is 5.97 Å². The molecule has 1 heterocycles. The lowest BCUT2D eigenvalue weighted by molar-refractivity contribution is 0.0660. The summed E-state index contributed by atoms with van der Waals surface area (Å²) >= 11 is 0. The van der Waals surface area contributed by atoms with Crippen molar-refractivity contribution in [3.05, 3.63) is 23.7 Å². The number of rotatable bonds is 7. The molecule has 7 nitrogen and oxygen atoms in total. The van der Waals surface area contributed by atoms with Crippen LogP contribution in [0.4, 0.5) is 0 Å². The Balaban J connectivity index is 2.36. The molecule has 0 spiro atoms. The molecule has 1 aromatic rings. The lowest BCUT2D eigenvalue weighted by Gasteiger charge is -2.10. The maximum atomic E-state index is 11.4. The van der Waals surface area contributed by atoms with Gasteiger partial charge in [0.15, 0.2) is 0 Å². The first-order chi connectivity index (χ1) is 8.33. The Morgan fingerprint density at radius 1 is 1.44 bits per heavy atom. The minimum atomic E-state index is -3.21. The summed E-state index contributed by atoms with van der Waals surface area (Å²) in [4.78, 5) is 10.6. The standard InChI is InChI=1S/C10H16N2O5S/c1-12(2)18(15,16)6-5-11-7-8-3-4-9(17-8)10(13)14/h3-4,11H,5-7H2,1-2H3,(H,13,14). The van der Waals surface area contributed by atoms with Gasteiger partial charge in [-0.2, -0.15) is 0 Å². The van der Waals surface area contributed by atoms with Gasteiger partial charge in [0.2, 0.25) is 15.8 Å². The summed E-state index contributed by atoms with van der Waals surface area (Å²) in [5.41, 5.74) is 0. The lowest BCUT2D eigenvalue weighted by Crippen LogP contribution is -2.30. The largest absolute Gasteiger partial charge is 0.475 e. The zero-order valence-electron chi connectivity index (χ0n) is 10.2. The maximum Gasteiger partial charge on any atom is 0.371 e. The molecule has 8 heteroatoms. The molecule has 0 aliphatic carbocycles. The Labute approximate surface area is 105 Å².